The Labute approximate surface area is 122 Å². The first-order valence-electron chi connectivity index (χ1n) is 6.21. The number of hydrogen-bond donors (Lipinski definition) is 0. The Bertz CT molecular complexity index is 601. The second-order valence-corrected chi connectivity index (χ2v) is 4.49. The molecule has 104 valence electrons. The van der Waals surface area contributed by atoms with Crippen LogP contribution >= 0.6 is 11.6 Å². The fraction of sp³-hybridized carbons (Fsp3) is 0.200. The Kier molecular flexibility index (Phi) is 4.96. The van der Waals surface area contributed by atoms with Crippen LogP contribution in [-0.4, -0.2) is 11.5 Å². The summed E-state index contributed by atoms with van der Waals surface area (Å²) in [5.41, 5.74) is 1.71. The van der Waals surface area contributed by atoms with Gasteiger partial charge >= 0.3 is 0 Å². The second kappa shape index (κ2) is 6.91. The van der Waals surface area contributed by atoms with Crippen LogP contribution in [0.4, 0.5) is 5.69 Å². The molecule has 0 spiro atoms. The Morgan fingerprint density at radius 3 is 2.40 bits per heavy atom. The standard InChI is InChI=1S/C15H14ClNO3/c16-11-13-6-2-4-8-15(13)20-10-9-12-5-1-3-7-14(12)17(18)19/h1-8H,9-11H2. The average molecular weight is 292 g/mol. The van der Waals surface area contributed by atoms with Crippen molar-refractivity contribution in [3.63, 3.8) is 0 Å². The van der Waals surface area contributed by atoms with Crippen LogP contribution in [0, 0.1) is 10.1 Å². The largest absolute Gasteiger partial charge is 0.493 e. The lowest BCUT2D eigenvalue weighted by Gasteiger charge is -2.09. The molecule has 0 aliphatic carbocycles. The summed E-state index contributed by atoms with van der Waals surface area (Å²) in [6, 6.07) is 14.2. The number of para-hydroxylation sites is 2. The number of alkyl halides is 1. The van der Waals surface area contributed by atoms with Crippen LogP contribution in [0.2, 0.25) is 0 Å². The molecule has 0 heterocycles. The number of ether oxygens (including phenoxy) is 1. The highest BCUT2D eigenvalue weighted by molar-refractivity contribution is 6.17. The van der Waals surface area contributed by atoms with Crippen molar-refractivity contribution in [1.82, 2.24) is 0 Å². The maximum Gasteiger partial charge on any atom is 0.272 e. The number of rotatable bonds is 6. The number of nitro benzene ring substituents is 1. The number of benzene rings is 2. The molecule has 0 N–H and O–H groups in total. The van der Waals surface area contributed by atoms with Crippen molar-refractivity contribution in [3.05, 3.63) is 69.8 Å². The summed E-state index contributed by atoms with van der Waals surface area (Å²) < 4.78 is 5.66. The molecule has 0 saturated heterocycles. The summed E-state index contributed by atoms with van der Waals surface area (Å²) in [6.07, 6.45) is 0.480. The van der Waals surface area contributed by atoms with E-state index in [0.29, 0.717) is 24.5 Å². The third kappa shape index (κ3) is 3.48. The van der Waals surface area contributed by atoms with Gasteiger partial charge in [0.05, 0.1) is 17.4 Å². The van der Waals surface area contributed by atoms with Crippen LogP contribution in [0.25, 0.3) is 0 Å². The third-order valence-corrected chi connectivity index (χ3v) is 3.22. The van der Waals surface area contributed by atoms with Gasteiger partial charge in [-0.25, -0.2) is 0 Å². The van der Waals surface area contributed by atoms with E-state index < -0.39 is 0 Å². The van der Waals surface area contributed by atoms with Gasteiger partial charge < -0.3 is 4.74 Å². The summed E-state index contributed by atoms with van der Waals surface area (Å²) in [6.45, 7) is 0.374. The van der Waals surface area contributed by atoms with Crippen molar-refractivity contribution in [2.45, 2.75) is 12.3 Å². The Hall–Kier alpha value is -2.07. The van der Waals surface area contributed by atoms with E-state index in [-0.39, 0.29) is 10.6 Å². The van der Waals surface area contributed by atoms with Crippen LogP contribution in [0.15, 0.2) is 48.5 Å². The molecule has 0 radical (unpaired) electrons. The van der Waals surface area contributed by atoms with E-state index in [2.05, 4.69) is 0 Å². The minimum absolute atomic E-state index is 0.127. The van der Waals surface area contributed by atoms with Crippen molar-refractivity contribution in [2.24, 2.45) is 0 Å². The lowest BCUT2D eigenvalue weighted by Crippen LogP contribution is -2.05. The lowest BCUT2D eigenvalue weighted by atomic mass is 10.1. The van der Waals surface area contributed by atoms with E-state index in [1.54, 1.807) is 18.2 Å². The van der Waals surface area contributed by atoms with Crippen molar-refractivity contribution < 1.29 is 9.66 Å². The summed E-state index contributed by atoms with van der Waals surface area (Å²) in [5.74, 6) is 1.10. The first-order valence-corrected chi connectivity index (χ1v) is 6.75. The first-order chi connectivity index (χ1) is 9.72. The van der Waals surface area contributed by atoms with Gasteiger partial charge in [-0.05, 0) is 6.07 Å². The topological polar surface area (TPSA) is 52.4 Å². The van der Waals surface area contributed by atoms with Gasteiger partial charge in [0.2, 0.25) is 0 Å². The van der Waals surface area contributed by atoms with Crippen LogP contribution in [0.1, 0.15) is 11.1 Å². The molecule has 0 fully saturated rings. The normalized spacial score (nSPS) is 10.2. The highest BCUT2D eigenvalue weighted by atomic mass is 35.5. The highest BCUT2D eigenvalue weighted by Crippen LogP contribution is 2.21. The molecular formula is C15H14ClNO3. The Morgan fingerprint density at radius 2 is 1.70 bits per heavy atom. The summed E-state index contributed by atoms with van der Waals surface area (Å²) in [4.78, 5) is 10.5. The lowest BCUT2D eigenvalue weighted by molar-refractivity contribution is -0.385. The zero-order chi connectivity index (χ0) is 14.4. The van der Waals surface area contributed by atoms with Crippen LogP contribution in [-0.2, 0) is 12.3 Å². The molecule has 0 bridgehead atoms. The van der Waals surface area contributed by atoms with E-state index >= 15 is 0 Å². The summed E-state index contributed by atoms with van der Waals surface area (Å²) in [5, 5.41) is 10.9. The van der Waals surface area contributed by atoms with Gasteiger partial charge in [0, 0.05) is 23.6 Å². The van der Waals surface area contributed by atoms with Gasteiger partial charge in [0.15, 0.2) is 0 Å². The highest BCUT2D eigenvalue weighted by Gasteiger charge is 2.12. The Balaban J connectivity index is 2.01. The smallest absolute Gasteiger partial charge is 0.272 e. The molecule has 2 aromatic carbocycles. The van der Waals surface area contributed by atoms with E-state index in [1.807, 2.05) is 24.3 Å². The van der Waals surface area contributed by atoms with E-state index in [1.165, 1.54) is 6.07 Å². The van der Waals surface area contributed by atoms with Crippen molar-refractivity contribution in [1.29, 1.82) is 0 Å². The van der Waals surface area contributed by atoms with Crippen molar-refractivity contribution >= 4 is 17.3 Å². The fourth-order valence-corrected chi connectivity index (χ4v) is 2.15. The average Bonchev–Trinajstić information content (AvgIpc) is 2.48. The van der Waals surface area contributed by atoms with E-state index in [9.17, 15) is 10.1 Å². The molecule has 0 aromatic heterocycles. The molecule has 0 amide bonds. The van der Waals surface area contributed by atoms with Crippen LogP contribution in [0.5, 0.6) is 5.75 Å². The Morgan fingerprint density at radius 1 is 1.05 bits per heavy atom. The maximum atomic E-state index is 10.9. The number of nitrogens with zero attached hydrogens (tertiary/aromatic N) is 1. The summed E-state index contributed by atoms with van der Waals surface area (Å²) in [7, 11) is 0. The fourth-order valence-electron chi connectivity index (χ4n) is 1.93. The molecule has 2 aromatic rings. The number of hydrogen-bond acceptors (Lipinski definition) is 3. The molecule has 0 atom stereocenters. The molecule has 0 aliphatic heterocycles. The summed E-state index contributed by atoms with van der Waals surface area (Å²) >= 11 is 5.83. The van der Waals surface area contributed by atoms with Gasteiger partial charge in [-0.15, -0.1) is 11.6 Å². The molecule has 5 heteroatoms. The van der Waals surface area contributed by atoms with Crippen molar-refractivity contribution in [3.8, 4) is 5.75 Å². The molecule has 4 nitrogen and oxygen atoms in total. The SMILES string of the molecule is O=[N+]([O-])c1ccccc1CCOc1ccccc1CCl. The first kappa shape index (κ1) is 14.3. The molecule has 0 unspecified atom stereocenters. The molecule has 2 rings (SSSR count). The van der Waals surface area contributed by atoms with E-state index in [4.69, 9.17) is 16.3 Å². The minimum Gasteiger partial charge on any atom is -0.493 e. The van der Waals surface area contributed by atoms with Gasteiger partial charge in [-0.2, -0.15) is 0 Å². The molecular weight excluding hydrogens is 278 g/mol. The van der Waals surface area contributed by atoms with Crippen molar-refractivity contribution in [2.75, 3.05) is 6.61 Å². The zero-order valence-electron chi connectivity index (χ0n) is 10.8. The van der Waals surface area contributed by atoms with Crippen LogP contribution < -0.4 is 4.74 Å². The maximum absolute atomic E-state index is 10.9. The third-order valence-electron chi connectivity index (χ3n) is 2.93. The van der Waals surface area contributed by atoms with Gasteiger partial charge in [0.1, 0.15) is 5.75 Å². The van der Waals surface area contributed by atoms with Crippen LogP contribution in [0.3, 0.4) is 0 Å². The quantitative estimate of drug-likeness (QED) is 0.460. The number of nitro groups is 1. The molecule has 0 saturated carbocycles. The predicted molar refractivity (Wildman–Crippen MR) is 78.3 cm³/mol. The molecule has 20 heavy (non-hydrogen) atoms. The van der Waals surface area contributed by atoms with E-state index in [0.717, 1.165) is 11.3 Å². The van der Waals surface area contributed by atoms with Gasteiger partial charge in [-0.3, -0.25) is 10.1 Å². The minimum atomic E-state index is -0.373. The van der Waals surface area contributed by atoms with Gasteiger partial charge in [0.25, 0.3) is 5.69 Å². The predicted octanol–water partition coefficient (Wildman–Crippen LogP) is 3.96. The zero-order valence-corrected chi connectivity index (χ0v) is 11.5. The van der Waals surface area contributed by atoms with Gasteiger partial charge in [-0.1, -0.05) is 36.4 Å². The monoisotopic (exact) mass is 291 g/mol. The second-order valence-electron chi connectivity index (χ2n) is 4.23. The number of halogens is 1. The molecule has 0 aliphatic rings.